The number of carbonyl (C=O) groups is 1. The fraction of sp³-hybridized carbons (Fsp3) is 0.286. The number of pyridine rings is 1. The molecule has 0 bridgehead atoms. The van der Waals surface area contributed by atoms with E-state index in [1.54, 1.807) is 23.2 Å². The average molecular weight is 402 g/mol. The van der Waals surface area contributed by atoms with Crippen molar-refractivity contribution in [3.63, 3.8) is 0 Å². The van der Waals surface area contributed by atoms with Crippen LogP contribution in [0.2, 0.25) is 5.02 Å². The Morgan fingerprint density at radius 1 is 1.29 bits per heavy atom. The summed E-state index contributed by atoms with van der Waals surface area (Å²) in [6.07, 6.45) is 3.80. The van der Waals surface area contributed by atoms with Gasteiger partial charge in [-0.05, 0) is 48.7 Å². The first kappa shape index (κ1) is 18.7. The zero-order valence-electron chi connectivity index (χ0n) is 15.2. The van der Waals surface area contributed by atoms with Gasteiger partial charge in [-0.25, -0.2) is 8.78 Å². The van der Waals surface area contributed by atoms with Gasteiger partial charge in [0.2, 0.25) is 5.91 Å². The molecule has 0 saturated carbocycles. The van der Waals surface area contributed by atoms with Gasteiger partial charge in [-0.2, -0.15) is 0 Å². The van der Waals surface area contributed by atoms with E-state index in [2.05, 4.69) is 9.98 Å². The van der Waals surface area contributed by atoms with E-state index in [1.165, 1.54) is 24.4 Å². The molecule has 3 heterocycles. The minimum Gasteiger partial charge on any atom is -0.336 e. The van der Waals surface area contributed by atoms with Gasteiger partial charge in [-0.15, -0.1) is 0 Å². The number of aromatic nitrogens is 1. The Labute approximate surface area is 166 Å². The molecule has 7 heteroatoms. The second-order valence-corrected chi connectivity index (χ2v) is 7.53. The number of fused-ring (bicyclic) bond motifs is 1. The van der Waals surface area contributed by atoms with E-state index in [0.29, 0.717) is 24.2 Å². The van der Waals surface area contributed by atoms with Crippen LogP contribution in [0.4, 0.5) is 8.78 Å². The van der Waals surface area contributed by atoms with Crippen molar-refractivity contribution in [2.24, 2.45) is 4.99 Å². The minimum atomic E-state index is -0.503. The highest BCUT2D eigenvalue weighted by molar-refractivity contribution is 6.30. The van der Waals surface area contributed by atoms with E-state index < -0.39 is 11.6 Å². The summed E-state index contributed by atoms with van der Waals surface area (Å²) in [6, 6.07) is 7.35. The van der Waals surface area contributed by atoms with E-state index in [4.69, 9.17) is 11.6 Å². The van der Waals surface area contributed by atoms with Gasteiger partial charge in [0.05, 0.1) is 29.4 Å². The van der Waals surface area contributed by atoms with Gasteiger partial charge < -0.3 is 4.90 Å². The Morgan fingerprint density at radius 3 is 2.82 bits per heavy atom. The van der Waals surface area contributed by atoms with Crippen LogP contribution in [-0.2, 0) is 11.2 Å². The third-order valence-electron chi connectivity index (χ3n) is 5.23. The summed E-state index contributed by atoms with van der Waals surface area (Å²) in [4.78, 5) is 23.4. The van der Waals surface area contributed by atoms with Crippen LogP contribution in [0.5, 0.6) is 0 Å². The van der Waals surface area contributed by atoms with Gasteiger partial charge in [0.25, 0.3) is 0 Å². The molecule has 0 aliphatic carbocycles. The summed E-state index contributed by atoms with van der Waals surface area (Å²) in [5.74, 6) is -0.955. The van der Waals surface area contributed by atoms with Gasteiger partial charge in [0, 0.05) is 24.4 Å². The zero-order valence-corrected chi connectivity index (χ0v) is 16.0. The van der Waals surface area contributed by atoms with Crippen molar-refractivity contribution in [3.8, 4) is 0 Å². The highest BCUT2D eigenvalue weighted by atomic mass is 35.5. The van der Waals surface area contributed by atoms with Crippen molar-refractivity contribution in [1.29, 1.82) is 0 Å². The number of nitrogens with zero attached hydrogens (tertiary/aromatic N) is 3. The lowest BCUT2D eigenvalue weighted by molar-refractivity contribution is -0.132. The summed E-state index contributed by atoms with van der Waals surface area (Å²) in [5, 5.41) is 0.00799. The molecule has 1 saturated heterocycles. The Hall–Kier alpha value is -2.60. The maximum atomic E-state index is 13.4. The Kier molecular flexibility index (Phi) is 4.98. The number of hydrogen-bond acceptors (Lipinski definition) is 3. The van der Waals surface area contributed by atoms with E-state index in [9.17, 15) is 13.6 Å². The summed E-state index contributed by atoms with van der Waals surface area (Å²) in [6.45, 7) is 2.43. The predicted molar refractivity (Wildman–Crippen MR) is 104 cm³/mol. The number of benzene rings is 1. The molecule has 2 unspecified atom stereocenters. The van der Waals surface area contributed by atoms with Gasteiger partial charge >= 0.3 is 0 Å². The molecule has 4 rings (SSSR count). The number of piperidine rings is 1. The van der Waals surface area contributed by atoms with Crippen LogP contribution in [-0.4, -0.2) is 40.6 Å². The number of hydrogen-bond donors (Lipinski definition) is 0. The minimum absolute atomic E-state index is 0.00799. The topological polar surface area (TPSA) is 45.6 Å². The van der Waals surface area contributed by atoms with Crippen molar-refractivity contribution in [1.82, 2.24) is 9.88 Å². The van der Waals surface area contributed by atoms with Crippen LogP contribution < -0.4 is 0 Å². The summed E-state index contributed by atoms with van der Waals surface area (Å²) >= 11 is 5.83. The largest absolute Gasteiger partial charge is 0.336 e. The molecule has 2 aromatic rings. The lowest BCUT2D eigenvalue weighted by Crippen LogP contribution is -2.47. The molecule has 2 aliphatic heterocycles. The maximum Gasteiger partial charge on any atom is 0.227 e. The highest BCUT2D eigenvalue weighted by Gasteiger charge is 2.35. The monoisotopic (exact) mass is 401 g/mol. The van der Waals surface area contributed by atoms with Crippen LogP contribution in [0.15, 0.2) is 47.1 Å². The van der Waals surface area contributed by atoms with Crippen LogP contribution in [0, 0.1) is 11.6 Å². The first-order chi connectivity index (χ1) is 13.4. The highest BCUT2D eigenvalue weighted by Crippen LogP contribution is 2.34. The summed E-state index contributed by atoms with van der Waals surface area (Å²) in [7, 11) is 0. The molecule has 1 aromatic carbocycles. The molecule has 4 nitrogen and oxygen atoms in total. The van der Waals surface area contributed by atoms with E-state index >= 15 is 0 Å². The molecule has 0 radical (unpaired) electrons. The van der Waals surface area contributed by atoms with Crippen molar-refractivity contribution >= 4 is 29.3 Å². The predicted octanol–water partition coefficient (Wildman–Crippen LogP) is 4.08. The Balaban J connectivity index is 1.57. The van der Waals surface area contributed by atoms with Crippen molar-refractivity contribution in [2.45, 2.75) is 31.8 Å². The SMILES string of the molecule is CC1CC2N=CC(c3ccc(F)cn3)=C2CN1C(=O)Cc1ccc(F)c(Cl)c1. The van der Waals surface area contributed by atoms with Crippen molar-refractivity contribution in [2.75, 3.05) is 6.54 Å². The smallest absolute Gasteiger partial charge is 0.227 e. The van der Waals surface area contributed by atoms with Crippen LogP contribution in [0.3, 0.4) is 0 Å². The number of aliphatic imine (C=N–C) groups is 1. The molecule has 2 aliphatic rings. The molecule has 0 spiro atoms. The average Bonchev–Trinajstić information content (AvgIpc) is 3.07. The summed E-state index contributed by atoms with van der Waals surface area (Å²) in [5.41, 5.74) is 3.18. The van der Waals surface area contributed by atoms with E-state index in [1.807, 2.05) is 6.92 Å². The third kappa shape index (κ3) is 3.56. The van der Waals surface area contributed by atoms with Crippen LogP contribution in [0.25, 0.3) is 5.57 Å². The standard InChI is InChI=1S/C21H18ClF2N3O/c1-12-6-20-16(15(10-26-20)19-5-3-14(23)9-25-19)11-27(12)21(28)8-13-2-4-18(24)17(22)7-13/h2-5,7,9-10,12,20H,6,8,11H2,1H3. The molecule has 2 atom stereocenters. The molecule has 144 valence electrons. The second-order valence-electron chi connectivity index (χ2n) is 7.13. The lowest BCUT2D eigenvalue weighted by Gasteiger charge is -2.37. The molecular formula is C21H18ClF2N3O. The molecule has 28 heavy (non-hydrogen) atoms. The first-order valence-electron chi connectivity index (χ1n) is 9.04. The molecule has 1 amide bonds. The first-order valence-corrected chi connectivity index (χ1v) is 9.41. The van der Waals surface area contributed by atoms with Crippen molar-refractivity contribution in [3.05, 3.63) is 70.0 Å². The fourth-order valence-electron chi connectivity index (χ4n) is 3.73. The van der Waals surface area contributed by atoms with E-state index in [-0.39, 0.29) is 29.4 Å². The zero-order chi connectivity index (χ0) is 19.8. The number of halogens is 3. The molecular weight excluding hydrogens is 384 g/mol. The number of rotatable bonds is 3. The maximum absolute atomic E-state index is 13.4. The Bertz CT molecular complexity index is 988. The van der Waals surface area contributed by atoms with Gasteiger partial charge in [0.15, 0.2) is 0 Å². The lowest BCUT2D eigenvalue weighted by atomic mass is 9.91. The second kappa shape index (κ2) is 7.43. The van der Waals surface area contributed by atoms with E-state index in [0.717, 1.165) is 11.1 Å². The summed E-state index contributed by atoms with van der Waals surface area (Å²) < 4.78 is 26.5. The van der Waals surface area contributed by atoms with Gasteiger partial charge in [-0.3, -0.25) is 14.8 Å². The normalized spacial score (nSPS) is 21.2. The number of likely N-dealkylation sites (tertiary alicyclic amines) is 1. The third-order valence-corrected chi connectivity index (χ3v) is 5.52. The van der Waals surface area contributed by atoms with Crippen molar-refractivity contribution < 1.29 is 13.6 Å². The van der Waals surface area contributed by atoms with Gasteiger partial charge in [-0.1, -0.05) is 17.7 Å². The Morgan fingerprint density at radius 2 is 2.11 bits per heavy atom. The number of allylic oxidation sites excluding steroid dienone is 1. The molecule has 1 aromatic heterocycles. The van der Waals surface area contributed by atoms with Crippen LogP contribution >= 0.6 is 11.6 Å². The fourth-order valence-corrected chi connectivity index (χ4v) is 3.93. The van der Waals surface area contributed by atoms with Gasteiger partial charge in [0.1, 0.15) is 11.6 Å². The number of carbonyl (C=O) groups excluding carboxylic acids is 1. The number of amides is 1. The molecule has 1 fully saturated rings. The quantitative estimate of drug-likeness (QED) is 0.777. The van der Waals surface area contributed by atoms with Crippen LogP contribution in [0.1, 0.15) is 24.6 Å². The molecule has 0 N–H and O–H groups in total.